The minimum absolute atomic E-state index is 0.0276. The van der Waals surface area contributed by atoms with E-state index >= 15 is 0 Å². The summed E-state index contributed by atoms with van der Waals surface area (Å²) in [6, 6.07) is 0. The van der Waals surface area contributed by atoms with Gasteiger partial charge in [-0.3, -0.25) is 4.90 Å². The van der Waals surface area contributed by atoms with E-state index in [1.54, 1.807) is 0 Å². The van der Waals surface area contributed by atoms with Crippen LogP contribution in [0.3, 0.4) is 0 Å². The van der Waals surface area contributed by atoms with Crippen LogP contribution in [0.1, 0.15) is 26.7 Å². The quantitative estimate of drug-likeness (QED) is 0.557. The smallest absolute Gasteiger partial charge is 0.211 e. The van der Waals surface area contributed by atoms with E-state index in [0.717, 1.165) is 39.1 Å². The average Bonchev–Trinajstić information content (AvgIpc) is 2.45. The molecule has 6 nitrogen and oxygen atoms in total. The largest absolute Gasteiger partial charge is 0.374 e. The molecule has 1 saturated heterocycles. The van der Waals surface area contributed by atoms with Crippen molar-refractivity contribution in [2.24, 2.45) is 0 Å². The van der Waals surface area contributed by atoms with Crippen LogP contribution in [0, 0.1) is 0 Å². The number of unbranched alkanes of at least 4 members (excludes halogenated alkanes) is 1. The Bertz CT molecular complexity index is 349. The molecule has 0 aromatic carbocycles. The molecule has 2 N–H and O–H groups in total. The number of sulfonamides is 1. The van der Waals surface area contributed by atoms with E-state index in [4.69, 9.17) is 4.74 Å². The van der Waals surface area contributed by atoms with Crippen LogP contribution in [-0.2, 0) is 14.8 Å². The summed E-state index contributed by atoms with van der Waals surface area (Å²) in [6.45, 7) is 9.75. The van der Waals surface area contributed by atoms with Crippen molar-refractivity contribution in [3.63, 3.8) is 0 Å². The highest BCUT2D eigenvalue weighted by Crippen LogP contribution is 2.04. The molecule has 1 heterocycles. The molecule has 1 rings (SSSR count). The van der Waals surface area contributed by atoms with Gasteiger partial charge < -0.3 is 10.1 Å². The van der Waals surface area contributed by atoms with Crippen molar-refractivity contribution in [2.75, 3.05) is 51.6 Å². The Hall–Kier alpha value is -0.210. The number of hydrogen-bond acceptors (Lipinski definition) is 5. The van der Waals surface area contributed by atoms with Crippen molar-refractivity contribution in [3.05, 3.63) is 0 Å². The minimum atomic E-state index is -3.17. The highest BCUT2D eigenvalue weighted by atomic mass is 32.2. The normalized spacial score (nSPS) is 21.2. The first-order chi connectivity index (χ1) is 9.57. The zero-order valence-corrected chi connectivity index (χ0v) is 13.5. The molecule has 0 radical (unpaired) electrons. The molecule has 0 amide bonds. The summed E-state index contributed by atoms with van der Waals surface area (Å²) in [5.41, 5.74) is 0. The fraction of sp³-hybridized carbons (Fsp3) is 1.00. The summed E-state index contributed by atoms with van der Waals surface area (Å²) >= 11 is 0. The van der Waals surface area contributed by atoms with E-state index in [0.29, 0.717) is 19.6 Å². The van der Waals surface area contributed by atoms with Crippen LogP contribution in [0.4, 0.5) is 0 Å². The number of likely N-dealkylation sites (N-methyl/N-ethyl adjacent to an activating group) is 1. The van der Waals surface area contributed by atoms with E-state index < -0.39 is 10.0 Å². The first-order valence-electron chi connectivity index (χ1n) is 7.59. The van der Waals surface area contributed by atoms with Crippen LogP contribution < -0.4 is 10.0 Å². The maximum atomic E-state index is 11.9. The van der Waals surface area contributed by atoms with Crippen LogP contribution in [0.5, 0.6) is 0 Å². The molecule has 1 aliphatic heterocycles. The van der Waals surface area contributed by atoms with Gasteiger partial charge in [-0.25, -0.2) is 13.1 Å². The molecule has 20 heavy (non-hydrogen) atoms. The average molecular weight is 307 g/mol. The molecule has 0 saturated carbocycles. The molecule has 1 atom stereocenters. The van der Waals surface area contributed by atoms with Crippen LogP contribution in [0.25, 0.3) is 0 Å². The van der Waals surface area contributed by atoms with Gasteiger partial charge in [-0.1, -0.05) is 13.8 Å². The molecule has 1 aliphatic rings. The molecule has 0 aromatic heterocycles. The van der Waals surface area contributed by atoms with Gasteiger partial charge in [0.25, 0.3) is 0 Å². The van der Waals surface area contributed by atoms with Crippen molar-refractivity contribution in [1.29, 1.82) is 0 Å². The highest BCUT2D eigenvalue weighted by Gasteiger charge is 2.21. The maximum absolute atomic E-state index is 11.9. The second-order valence-electron chi connectivity index (χ2n) is 5.11. The van der Waals surface area contributed by atoms with Gasteiger partial charge >= 0.3 is 0 Å². The first kappa shape index (κ1) is 17.8. The van der Waals surface area contributed by atoms with Crippen LogP contribution in [-0.4, -0.2) is 71.0 Å². The lowest BCUT2D eigenvalue weighted by Crippen LogP contribution is -2.47. The minimum Gasteiger partial charge on any atom is -0.374 e. The number of ether oxygens (including phenoxy) is 1. The van der Waals surface area contributed by atoms with Crippen molar-refractivity contribution in [1.82, 2.24) is 14.9 Å². The zero-order chi connectivity index (χ0) is 14.8. The second kappa shape index (κ2) is 9.68. The number of nitrogens with zero attached hydrogens (tertiary/aromatic N) is 1. The third-order valence-electron chi connectivity index (χ3n) is 3.47. The molecular weight excluding hydrogens is 278 g/mol. The number of hydrogen-bond donors (Lipinski definition) is 2. The Kier molecular flexibility index (Phi) is 8.63. The standard InChI is InChI=1S/C13H29N3O3S/c1-3-14-7-5-6-10-20(17,18)15-11-13-12-16(4-2)8-9-19-13/h13-15H,3-12H2,1-2H3. The van der Waals surface area contributed by atoms with Gasteiger partial charge in [0.15, 0.2) is 0 Å². The van der Waals surface area contributed by atoms with Crippen molar-refractivity contribution >= 4 is 10.0 Å². The van der Waals surface area contributed by atoms with Gasteiger partial charge in [0.2, 0.25) is 10.0 Å². The van der Waals surface area contributed by atoms with Crippen molar-refractivity contribution < 1.29 is 13.2 Å². The fourth-order valence-corrected chi connectivity index (χ4v) is 3.37. The van der Waals surface area contributed by atoms with E-state index in [-0.39, 0.29) is 11.9 Å². The Morgan fingerprint density at radius 2 is 2.10 bits per heavy atom. The Morgan fingerprint density at radius 3 is 2.80 bits per heavy atom. The Morgan fingerprint density at radius 1 is 1.30 bits per heavy atom. The lowest BCUT2D eigenvalue weighted by Gasteiger charge is -2.32. The summed E-state index contributed by atoms with van der Waals surface area (Å²) in [4.78, 5) is 2.28. The van der Waals surface area contributed by atoms with E-state index in [9.17, 15) is 8.42 Å². The summed E-state index contributed by atoms with van der Waals surface area (Å²) in [5.74, 6) is 0.197. The summed E-state index contributed by atoms with van der Waals surface area (Å²) < 4.78 is 32.0. The van der Waals surface area contributed by atoms with Gasteiger partial charge in [-0.05, 0) is 32.5 Å². The monoisotopic (exact) mass is 307 g/mol. The SMILES string of the molecule is CCNCCCCS(=O)(=O)NCC1CN(CC)CCO1. The first-order valence-corrected chi connectivity index (χ1v) is 9.24. The molecule has 1 fully saturated rings. The van der Waals surface area contributed by atoms with Gasteiger partial charge in [-0.15, -0.1) is 0 Å². The summed E-state index contributed by atoms with van der Waals surface area (Å²) in [6.07, 6.45) is 1.55. The number of nitrogens with one attached hydrogen (secondary N) is 2. The lowest BCUT2D eigenvalue weighted by atomic mass is 10.3. The molecule has 0 bridgehead atoms. The van der Waals surface area contributed by atoms with E-state index in [1.807, 2.05) is 6.92 Å². The van der Waals surface area contributed by atoms with E-state index in [1.165, 1.54) is 0 Å². The molecule has 120 valence electrons. The van der Waals surface area contributed by atoms with Crippen molar-refractivity contribution in [2.45, 2.75) is 32.8 Å². The van der Waals surface area contributed by atoms with Gasteiger partial charge in [0.05, 0.1) is 18.5 Å². The topological polar surface area (TPSA) is 70.7 Å². The molecule has 0 aliphatic carbocycles. The van der Waals surface area contributed by atoms with Gasteiger partial charge in [0.1, 0.15) is 0 Å². The van der Waals surface area contributed by atoms with Crippen LogP contribution in [0.15, 0.2) is 0 Å². The zero-order valence-electron chi connectivity index (χ0n) is 12.7. The Balaban J connectivity index is 2.18. The molecule has 0 aromatic rings. The fourth-order valence-electron chi connectivity index (χ4n) is 2.20. The van der Waals surface area contributed by atoms with Gasteiger partial charge in [-0.2, -0.15) is 0 Å². The predicted molar refractivity (Wildman–Crippen MR) is 81.4 cm³/mol. The third kappa shape index (κ3) is 7.54. The summed E-state index contributed by atoms with van der Waals surface area (Å²) in [7, 11) is -3.17. The maximum Gasteiger partial charge on any atom is 0.211 e. The predicted octanol–water partition coefficient (Wildman–Crippen LogP) is 0.0162. The lowest BCUT2D eigenvalue weighted by molar-refractivity contribution is -0.0229. The summed E-state index contributed by atoms with van der Waals surface area (Å²) in [5, 5.41) is 3.19. The molecule has 7 heteroatoms. The molecule has 0 spiro atoms. The molecule has 1 unspecified atom stereocenters. The van der Waals surface area contributed by atoms with Crippen molar-refractivity contribution in [3.8, 4) is 0 Å². The highest BCUT2D eigenvalue weighted by molar-refractivity contribution is 7.89. The molecular formula is C13H29N3O3S. The second-order valence-corrected chi connectivity index (χ2v) is 7.04. The van der Waals surface area contributed by atoms with Crippen LogP contribution in [0.2, 0.25) is 0 Å². The Labute approximate surface area is 123 Å². The van der Waals surface area contributed by atoms with Crippen LogP contribution >= 0.6 is 0 Å². The van der Waals surface area contributed by atoms with Gasteiger partial charge in [0, 0.05) is 19.6 Å². The van der Waals surface area contributed by atoms with E-state index in [2.05, 4.69) is 21.9 Å². The third-order valence-corrected chi connectivity index (χ3v) is 4.90. The number of rotatable bonds is 10. The number of morpholine rings is 1.